The monoisotopic (exact) mass is 1090 g/mol. The van der Waals surface area contributed by atoms with Crippen LogP contribution in [0.1, 0.15) is 11.5 Å². The minimum Gasteiger partial charge on any atom is -0.307 e. The van der Waals surface area contributed by atoms with Crippen LogP contribution in [0.3, 0.4) is 0 Å². The molecule has 14 aromatic rings. The highest BCUT2D eigenvalue weighted by Gasteiger charge is 2.34. The summed E-state index contributed by atoms with van der Waals surface area (Å²) >= 11 is 1.98. The molecule has 0 spiro atoms. The van der Waals surface area contributed by atoms with Crippen LogP contribution in [0, 0.1) is 0 Å². The van der Waals surface area contributed by atoms with Gasteiger partial charge in [0, 0.05) is 60.1 Å². The zero-order valence-corrected chi connectivity index (χ0v) is 47.0. The number of fused-ring (bicyclic) bond motifs is 10. The van der Waals surface area contributed by atoms with Crippen LogP contribution in [0.25, 0.3) is 66.3 Å². The summed E-state index contributed by atoms with van der Waals surface area (Å²) in [4.78, 5) is 6.93. The maximum Gasteiger partial charge on any atom is 0.265 e. The van der Waals surface area contributed by atoms with E-state index in [0.717, 1.165) is 28.1 Å². The molecule has 16 rings (SSSR count). The highest BCUT2D eigenvalue weighted by Crippen LogP contribution is 2.50. The Balaban J connectivity index is 0.971. The van der Waals surface area contributed by atoms with E-state index in [2.05, 4.69) is 325 Å². The minimum atomic E-state index is -0.0289. The quantitative estimate of drug-likeness (QED) is 0.114. The van der Waals surface area contributed by atoms with Crippen molar-refractivity contribution in [3.8, 4) is 16.9 Å². The van der Waals surface area contributed by atoms with Gasteiger partial charge in [0.25, 0.3) is 6.71 Å². The third kappa shape index (κ3) is 8.69. The molecule has 0 saturated carbocycles. The Labute approximate surface area is 495 Å². The maximum absolute atomic E-state index is 5.56. The van der Waals surface area contributed by atoms with Crippen LogP contribution < -0.4 is 49.3 Å². The maximum atomic E-state index is 5.56. The Morgan fingerprint density at radius 3 is 1.36 bits per heavy atom. The predicted octanol–water partition coefficient (Wildman–Crippen LogP) is 12.2. The highest BCUT2D eigenvalue weighted by atomic mass is 32.2. The predicted molar refractivity (Wildman–Crippen MR) is 362 cm³/mol. The van der Waals surface area contributed by atoms with Gasteiger partial charge in [0.15, 0.2) is 0 Å². The summed E-state index contributed by atoms with van der Waals surface area (Å²) in [6.07, 6.45) is 7.41. The Morgan fingerprint density at radius 2 is 0.821 bits per heavy atom. The van der Waals surface area contributed by atoms with Crippen LogP contribution in [-0.2, 0) is 0 Å². The SMILES string of the molecule is C1=CC2Sc3ccccc3C2C=C1n1c2ccc(B(c3ccccc3)c3ccccc3)cc2c2ccc3c4cc(B(c5ccccc5)c5ccccc5)ccc4n(-c4cccc(-c5cccc(B(c6ccccc6)c6ccccc6)n5)c4)c3c21. The summed E-state index contributed by atoms with van der Waals surface area (Å²) in [7, 11) is 0. The topological polar surface area (TPSA) is 22.8 Å². The Morgan fingerprint density at radius 1 is 0.357 bits per heavy atom. The second-order valence-corrected chi connectivity index (χ2v) is 23.7. The Bertz CT molecular complexity index is 4710. The second kappa shape index (κ2) is 21.2. The number of pyridine rings is 1. The fourth-order valence-electron chi connectivity index (χ4n) is 13.9. The van der Waals surface area contributed by atoms with E-state index < -0.39 is 0 Å². The molecule has 0 saturated heterocycles. The number of rotatable bonds is 12. The van der Waals surface area contributed by atoms with Gasteiger partial charge in [-0.05, 0) is 54.1 Å². The standard InChI is InChI=1S/C77H54B3N3S/c1-7-24-54(25-8-1)78(55-26-9-2-10-27-55)60-41-46-71-67(50-60)65-44-45-66-68-51-61(79(56-28-11-3-12-29-56)57-30-13-4-14-31-57)42-47-72(68)83(63-43-48-74-69(52-63)64-37-19-20-39-73(64)84-74)77(66)76(65)82(71)62-36-21-23-53(49-62)70-38-22-40-75(81-70)80(58-32-15-5-16-33-58)59-34-17-6-18-35-59/h1-52,69,74H. The van der Waals surface area contributed by atoms with Crippen molar-refractivity contribution in [2.75, 3.05) is 0 Å². The van der Waals surface area contributed by atoms with Crippen molar-refractivity contribution in [3.63, 3.8) is 0 Å². The number of nitrogens with zero attached hydrogens (tertiary/aromatic N) is 3. The molecular weight excluding hydrogens is 1030 g/mol. The van der Waals surface area contributed by atoms with E-state index in [1.54, 1.807) is 0 Å². The van der Waals surface area contributed by atoms with Gasteiger partial charge in [-0.2, -0.15) is 0 Å². The first-order chi connectivity index (χ1) is 41.7. The number of benzene rings is 11. The molecule has 2 unspecified atom stereocenters. The normalized spacial score (nSPS) is 14.4. The molecule has 4 heterocycles. The first-order valence-electron chi connectivity index (χ1n) is 29.3. The van der Waals surface area contributed by atoms with Gasteiger partial charge in [0.2, 0.25) is 13.4 Å². The molecule has 1 aliphatic heterocycles. The molecule has 0 amide bonds. The lowest BCUT2D eigenvalue weighted by atomic mass is 9.37. The molecule has 2 aliphatic rings. The zero-order chi connectivity index (χ0) is 55.5. The summed E-state index contributed by atoms with van der Waals surface area (Å²) in [6.45, 7) is 0.0396. The van der Waals surface area contributed by atoms with Gasteiger partial charge in [0.05, 0.1) is 27.8 Å². The van der Waals surface area contributed by atoms with Gasteiger partial charge in [-0.15, -0.1) is 11.8 Å². The first kappa shape index (κ1) is 50.0. The van der Waals surface area contributed by atoms with Crippen molar-refractivity contribution in [1.82, 2.24) is 14.1 Å². The van der Waals surface area contributed by atoms with E-state index >= 15 is 0 Å². The van der Waals surface area contributed by atoms with E-state index in [1.165, 1.54) is 98.0 Å². The number of thioether (sulfide) groups is 1. The second-order valence-electron chi connectivity index (χ2n) is 22.4. The largest absolute Gasteiger partial charge is 0.307 e. The molecule has 0 N–H and O–H groups in total. The van der Waals surface area contributed by atoms with Crippen molar-refractivity contribution in [1.29, 1.82) is 0 Å². The molecule has 11 aromatic carbocycles. The summed E-state index contributed by atoms with van der Waals surface area (Å²) in [5, 5.41) is 5.19. The molecule has 84 heavy (non-hydrogen) atoms. The lowest BCUT2D eigenvalue weighted by molar-refractivity contribution is 0.876. The van der Waals surface area contributed by atoms with Gasteiger partial charge in [-0.25, -0.2) is 0 Å². The molecule has 0 radical (unpaired) electrons. The molecule has 3 aromatic heterocycles. The van der Waals surface area contributed by atoms with Crippen LogP contribution in [0.2, 0.25) is 0 Å². The van der Waals surface area contributed by atoms with Crippen molar-refractivity contribution in [2.45, 2.75) is 16.1 Å². The average molecular weight is 1090 g/mol. The molecule has 0 fully saturated rings. The molecule has 1 aliphatic carbocycles. The van der Waals surface area contributed by atoms with Gasteiger partial charge in [0.1, 0.15) is 0 Å². The Hall–Kier alpha value is -9.81. The fraction of sp³-hybridized carbons (Fsp3) is 0.0260. The lowest BCUT2D eigenvalue weighted by Gasteiger charge is -2.21. The van der Waals surface area contributed by atoms with E-state index in [1.807, 2.05) is 11.8 Å². The highest BCUT2D eigenvalue weighted by molar-refractivity contribution is 8.00. The van der Waals surface area contributed by atoms with Crippen molar-refractivity contribution >= 4 is 131 Å². The van der Waals surface area contributed by atoms with Crippen molar-refractivity contribution < 1.29 is 0 Å². The summed E-state index contributed by atoms with van der Waals surface area (Å²) in [5.41, 5.74) is 21.3. The summed E-state index contributed by atoms with van der Waals surface area (Å²) < 4.78 is 5.16. The molecular formula is C77H54B3N3S. The Kier molecular flexibility index (Phi) is 12.6. The summed E-state index contributed by atoms with van der Waals surface area (Å²) in [6, 6.07) is 110. The van der Waals surface area contributed by atoms with Gasteiger partial charge >= 0.3 is 0 Å². The van der Waals surface area contributed by atoms with E-state index in [-0.39, 0.29) is 26.1 Å². The number of hydrogen-bond acceptors (Lipinski definition) is 2. The molecule has 392 valence electrons. The third-order valence-corrected chi connectivity index (χ3v) is 18.9. The van der Waals surface area contributed by atoms with Crippen LogP contribution in [0.4, 0.5) is 0 Å². The van der Waals surface area contributed by atoms with Crippen LogP contribution >= 0.6 is 11.8 Å². The molecule has 2 atom stereocenters. The molecule has 0 bridgehead atoms. The molecule has 3 nitrogen and oxygen atoms in total. The molecule has 7 heteroatoms. The fourth-order valence-corrected chi connectivity index (χ4v) is 15.2. The van der Waals surface area contributed by atoms with Crippen molar-refractivity contribution in [2.24, 2.45) is 0 Å². The van der Waals surface area contributed by atoms with Crippen LogP contribution in [-0.4, -0.2) is 39.5 Å². The van der Waals surface area contributed by atoms with Crippen LogP contribution in [0.5, 0.6) is 0 Å². The third-order valence-electron chi connectivity index (χ3n) is 17.6. The van der Waals surface area contributed by atoms with Crippen LogP contribution in [0.15, 0.2) is 320 Å². The van der Waals surface area contributed by atoms with Gasteiger partial charge in [-0.1, -0.05) is 311 Å². The minimum absolute atomic E-state index is 0.0286. The zero-order valence-electron chi connectivity index (χ0n) is 46.2. The smallest absolute Gasteiger partial charge is 0.265 e. The van der Waals surface area contributed by atoms with Gasteiger partial charge < -0.3 is 9.13 Å². The average Bonchev–Trinajstić information content (AvgIpc) is 1.67. The summed E-state index contributed by atoms with van der Waals surface area (Å²) in [5.74, 6) is 0.238. The number of aromatic nitrogens is 3. The van der Waals surface area contributed by atoms with E-state index in [9.17, 15) is 0 Å². The van der Waals surface area contributed by atoms with Gasteiger partial charge in [-0.3, -0.25) is 4.98 Å². The lowest BCUT2D eigenvalue weighted by Crippen LogP contribution is -2.53. The van der Waals surface area contributed by atoms with E-state index in [4.69, 9.17) is 4.98 Å². The number of hydrogen-bond donors (Lipinski definition) is 0. The van der Waals surface area contributed by atoms with Crippen molar-refractivity contribution in [3.05, 3.63) is 321 Å². The van der Waals surface area contributed by atoms with E-state index in [0.29, 0.717) is 5.25 Å². The first-order valence-corrected chi connectivity index (χ1v) is 30.1. The number of allylic oxidation sites excluding steroid dienone is 3.